The number of nitrogens with zero attached hydrogens (tertiary/aromatic N) is 2. The Morgan fingerprint density at radius 2 is 1.76 bits per heavy atom. The Morgan fingerprint density at radius 1 is 1.00 bits per heavy atom. The van der Waals surface area contributed by atoms with Gasteiger partial charge in [-0.05, 0) is 57.2 Å². The molecular formula is C27H29N3O5S2. The summed E-state index contributed by atoms with van der Waals surface area (Å²) in [6.07, 6.45) is 0. The summed E-state index contributed by atoms with van der Waals surface area (Å²) in [7, 11) is -3.89. The van der Waals surface area contributed by atoms with Gasteiger partial charge in [-0.15, -0.1) is 0 Å². The normalized spacial score (nSPS) is 12.1. The summed E-state index contributed by atoms with van der Waals surface area (Å²) in [6.45, 7) is 7.71. The van der Waals surface area contributed by atoms with Gasteiger partial charge in [-0.1, -0.05) is 47.2 Å². The van der Waals surface area contributed by atoms with Crippen LogP contribution in [0.15, 0.2) is 76.6 Å². The fourth-order valence-corrected chi connectivity index (χ4v) is 5.94. The second-order valence-electron chi connectivity index (χ2n) is 8.15. The Balaban J connectivity index is 1.75. The second kappa shape index (κ2) is 11.7. The number of ether oxygens (including phenoxy) is 2. The van der Waals surface area contributed by atoms with Crippen LogP contribution in [0, 0.1) is 6.92 Å². The first-order chi connectivity index (χ1) is 17.8. The molecule has 1 amide bonds. The monoisotopic (exact) mass is 539 g/mol. The van der Waals surface area contributed by atoms with E-state index in [0.29, 0.717) is 36.9 Å². The molecule has 4 aromatic rings. The summed E-state index contributed by atoms with van der Waals surface area (Å²) < 4.78 is 42.7. The van der Waals surface area contributed by atoms with E-state index >= 15 is 0 Å². The van der Waals surface area contributed by atoms with Crippen LogP contribution in [0.2, 0.25) is 0 Å². The fraction of sp³-hybridized carbons (Fsp3) is 0.259. The number of hydrogen-bond acceptors (Lipinski definition) is 6. The zero-order valence-corrected chi connectivity index (χ0v) is 22.6. The molecule has 0 bridgehead atoms. The maximum atomic E-state index is 13.4. The first-order valence-corrected chi connectivity index (χ1v) is 14.2. The molecule has 4 rings (SSSR count). The molecule has 1 N–H and O–H groups in total. The number of anilines is 1. The van der Waals surface area contributed by atoms with Gasteiger partial charge in [0.25, 0.3) is 15.9 Å². The van der Waals surface area contributed by atoms with Gasteiger partial charge in [0.1, 0.15) is 11.3 Å². The van der Waals surface area contributed by atoms with Crippen LogP contribution in [0.1, 0.15) is 29.8 Å². The summed E-state index contributed by atoms with van der Waals surface area (Å²) in [5.41, 5.74) is 2.10. The molecule has 0 atom stereocenters. The third-order valence-electron chi connectivity index (χ3n) is 5.56. The van der Waals surface area contributed by atoms with Gasteiger partial charge in [-0.25, -0.2) is 8.42 Å². The van der Waals surface area contributed by atoms with Crippen molar-refractivity contribution in [2.45, 2.75) is 32.2 Å². The predicted octanol–water partition coefficient (Wildman–Crippen LogP) is 4.99. The summed E-state index contributed by atoms with van der Waals surface area (Å²) in [6, 6.07) is 18.7. The maximum absolute atomic E-state index is 13.4. The molecule has 194 valence electrons. The number of amides is 1. The molecule has 1 heterocycles. The Morgan fingerprint density at radius 3 is 2.49 bits per heavy atom. The van der Waals surface area contributed by atoms with Crippen LogP contribution in [0.4, 0.5) is 5.69 Å². The van der Waals surface area contributed by atoms with Gasteiger partial charge in [0, 0.05) is 13.2 Å². The minimum absolute atomic E-state index is 0.110. The Hall–Kier alpha value is -3.47. The molecule has 0 unspecified atom stereocenters. The van der Waals surface area contributed by atoms with Crippen LogP contribution in [0.3, 0.4) is 0 Å². The molecule has 0 aliphatic carbocycles. The van der Waals surface area contributed by atoms with Crippen molar-refractivity contribution < 1.29 is 22.7 Å². The zero-order valence-electron chi connectivity index (χ0n) is 20.9. The van der Waals surface area contributed by atoms with Crippen molar-refractivity contribution in [2.75, 3.05) is 24.5 Å². The highest BCUT2D eigenvalue weighted by molar-refractivity contribution is 7.92. The van der Waals surface area contributed by atoms with Crippen molar-refractivity contribution in [1.82, 2.24) is 4.57 Å². The van der Waals surface area contributed by atoms with Crippen molar-refractivity contribution in [3.8, 4) is 5.75 Å². The lowest BCUT2D eigenvalue weighted by Crippen LogP contribution is -2.21. The molecular weight excluding hydrogens is 510 g/mol. The molecule has 0 radical (unpaired) electrons. The average Bonchev–Trinajstić information content (AvgIpc) is 3.22. The third kappa shape index (κ3) is 6.10. The van der Waals surface area contributed by atoms with Crippen LogP contribution in [0.5, 0.6) is 5.75 Å². The number of aromatic nitrogens is 1. The molecule has 37 heavy (non-hydrogen) atoms. The highest BCUT2D eigenvalue weighted by atomic mass is 32.2. The van der Waals surface area contributed by atoms with Gasteiger partial charge >= 0.3 is 0 Å². The minimum Gasteiger partial charge on any atom is -0.492 e. The van der Waals surface area contributed by atoms with Gasteiger partial charge in [-0.3, -0.25) is 9.52 Å². The van der Waals surface area contributed by atoms with Crippen molar-refractivity contribution in [1.29, 1.82) is 0 Å². The molecule has 0 spiro atoms. The van der Waals surface area contributed by atoms with Gasteiger partial charge < -0.3 is 14.0 Å². The van der Waals surface area contributed by atoms with E-state index < -0.39 is 15.9 Å². The molecule has 8 nitrogen and oxygen atoms in total. The minimum atomic E-state index is -3.89. The van der Waals surface area contributed by atoms with E-state index in [-0.39, 0.29) is 16.1 Å². The number of rotatable bonds is 10. The molecule has 10 heteroatoms. The average molecular weight is 540 g/mol. The lowest BCUT2D eigenvalue weighted by molar-refractivity contribution is 0.0997. The molecule has 0 saturated heterocycles. The Labute approximate surface area is 220 Å². The van der Waals surface area contributed by atoms with Gasteiger partial charge in [0.15, 0.2) is 4.80 Å². The van der Waals surface area contributed by atoms with Crippen molar-refractivity contribution in [3.05, 3.63) is 82.7 Å². The van der Waals surface area contributed by atoms with Crippen LogP contribution < -0.4 is 14.3 Å². The second-order valence-corrected chi connectivity index (χ2v) is 10.8. The molecule has 0 aliphatic rings. The SMILES string of the molecule is CCOCCn1c(=NC(=O)c2ccccc2NS(=O)(=O)c2ccc(C)cc2)sc2cccc(OCC)c21. The van der Waals surface area contributed by atoms with Crippen LogP contribution in [0.25, 0.3) is 10.2 Å². The summed E-state index contributed by atoms with van der Waals surface area (Å²) >= 11 is 1.36. The van der Waals surface area contributed by atoms with E-state index in [1.165, 1.54) is 23.5 Å². The van der Waals surface area contributed by atoms with Crippen molar-refractivity contribution >= 4 is 43.2 Å². The van der Waals surface area contributed by atoms with Gasteiger partial charge in [0.05, 0.1) is 34.1 Å². The number of hydrogen-bond donors (Lipinski definition) is 1. The van der Waals surface area contributed by atoms with Gasteiger partial charge in [-0.2, -0.15) is 4.99 Å². The third-order valence-corrected chi connectivity index (χ3v) is 7.98. The van der Waals surface area contributed by atoms with E-state index in [0.717, 1.165) is 15.8 Å². The molecule has 0 aliphatic heterocycles. The Bertz CT molecular complexity index is 1570. The van der Waals surface area contributed by atoms with Crippen LogP contribution >= 0.6 is 11.3 Å². The number of fused-ring (bicyclic) bond motifs is 1. The highest BCUT2D eigenvalue weighted by Crippen LogP contribution is 2.28. The predicted molar refractivity (Wildman–Crippen MR) is 146 cm³/mol. The van der Waals surface area contributed by atoms with E-state index in [1.54, 1.807) is 36.4 Å². The lowest BCUT2D eigenvalue weighted by Gasteiger charge is -2.11. The lowest BCUT2D eigenvalue weighted by atomic mass is 10.2. The molecule has 3 aromatic carbocycles. The Kier molecular flexibility index (Phi) is 8.42. The van der Waals surface area contributed by atoms with E-state index in [9.17, 15) is 13.2 Å². The number of carbonyl (C=O) groups is 1. The first-order valence-electron chi connectivity index (χ1n) is 11.9. The molecule has 1 aromatic heterocycles. The van der Waals surface area contributed by atoms with Gasteiger partial charge in [0.2, 0.25) is 0 Å². The number of carbonyl (C=O) groups excluding carboxylic acids is 1. The standard InChI is InChI=1S/C27H29N3O5S2/c1-4-34-18-17-30-25-23(35-5-2)11-8-12-24(25)36-27(30)28-26(31)21-9-6-7-10-22(21)29-37(32,33)20-15-13-19(3)14-16-20/h6-16,29H,4-5,17-18H2,1-3H3. The smallest absolute Gasteiger partial charge is 0.281 e. The summed E-state index contributed by atoms with van der Waals surface area (Å²) in [4.78, 5) is 18.4. The van der Waals surface area contributed by atoms with E-state index in [1.807, 2.05) is 43.5 Å². The number of nitrogens with one attached hydrogen (secondary N) is 1. The van der Waals surface area contributed by atoms with Crippen molar-refractivity contribution in [3.63, 3.8) is 0 Å². The van der Waals surface area contributed by atoms with Crippen LogP contribution in [-0.4, -0.2) is 38.7 Å². The first kappa shape index (κ1) is 26.6. The number of aryl methyl sites for hydroxylation is 1. The zero-order chi connectivity index (χ0) is 26.4. The highest BCUT2D eigenvalue weighted by Gasteiger charge is 2.19. The fourth-order valence-electron chi connectivity index (χ4n) is 3.79. The van der Waals surface area contributed by atoms with Crippen molar-refractivity contribution in [2.24, 2.45) is 4.99 Å². The number of thiazole rings is 1. The number of sulfonamides is 1. The number of para-hydroxylation sites is 2. The van der Waals surface area contributed by atoms with E-state index in [4.69, 9.17) is 9.47 Å². The largest absolute Gasteiger partial charge is 0.492 e. The quantitative estimate of drug-likeness (QED) is 0.286. The van der Waals surface area contributed by atoms with Crippen LogP contribution in [-0.2, 0) is 21.3 Å². The molecule has 0 saturated carbocycles. The van der Waals surface area contributed by atoms with E-state index in [2.05, 4.69) is 9.71 Å². The number of benzene rings is 3. The molecule has 0 fully saturated rings. The summed E-state index contributed by atoms with van der Waals surface area (Å²) in [5, 5.41) is 0. The maximum Gasteiger partial charge on any atom is 0.281 e. The topological polar surface area (TPSA) is 99.0 Å². The summed E-state index contributed by atoms with van der Waals surface area (Å²) in [5.74, 6) is 0.143.